The minimum absolute atomic E-state index is 0. The average Bonchev–Trinajstić information content (AvgIpc) is 2.21. The van der Waals surface area contributed by atoms with Crippen LogP contribution >= 0.6 is 0 Å². The summed E-state index contributed by atoms with van der Waals surface area (Å²) in [4.78, 5) is 22.6. The molecule has 0 aliphatic heterocycles. The summed E-state index contributed by atoms with van der Waals surface area (Å²) in [5.74, 6) is -2.79. The van der Waals surface area contributed by atoms with E-state index >= 15 is 0 Å². The third-order valence-corrected chi connectivity index (χ3v) is 1.90. The van der Waals surface area contributed by atoms with E-state index < -0.39 is 11.9 Å². The van der Waals surface area contributed by atoms with Crippen molar-refractivity contribution in [2.45, 2.75) is 6.92 Å². The third-order valence-electron chi connectivity index (χ3n) is 1.90. The summed E-state index contributed by atoms with van der Waals surface area (Å²) < 4.78 is 0. The predicted octanol–water partition coefficient (Wildman–Crippen LogP) is -3.50. The summed E-state index contributed by atoms with van der Waals surface area (Å²) >= 11 is 0. The fraction of sp³-hybridized carbons (Fsp3) is 0.200. The van der Waals surface area contributed by atoms with Gasteiger partial charge in [-0.15, -0.1) is 0 Å². The molecule has 0 atom stereocenters. The Bertz CT molecular complexity index is 377. The number of carbonyl (C=O) groups is 2. The van der Waals surface area contributed by atoms with Crippen LogP contribution in [0, 0.1) is 0 Å². The second-order valence-electron chi connectivity index (χ2n) is 2.85. The molecule has 0 aliphatic carbocycles. The molecule has 0 bridgehead atoms. The van der Waals surface area contributed by atoms with Gasteiger partial charge in [0, 0.05) is 12.2 Å². The smallest absolute Gasteiger partial charge is 0.540 e. The standard InChI is InChI=1S/C10H11NO4.Na/c1-2-11(9(13)10(14)15)7-3-5-8(12)6-4-7;/h3-6,12H,2H2,1H3,(H,14,15);/q;+1/p-1. The molecule has 80 valence electrons. The minimum Gasteiger partial charge on any atom is -0.540 e. The Labute approximate surface area is 115 Å². The average molecular weight is 231 g/mol. The van der Waals surface area contributed by atoms with E-state index in [1.54, 1.807) is 6.92 Å². The van der Waals surface area contributed by atoms with Crippen LogP contribution in [-0.4, -0.2) is 23.5 Å². The number of hydrogen-bond donors (Lipinski definition) is 1. The van der Waals surface area contributed by atoms with Crippen molar-refractivity contribution in [2.75, 3.05) is 11.4 Å². The predicted molar refractivity (Wildman–Crippen MR) is 51.1 cm³/mol. The number of carboxylic acid groups (broad SMARTS) is 1. The Morgan fingerprint density at radius 3 is 2.19 bits per heavy atom. The zero-order valence-corrected chi connectivity index (χ0v) is 11.1. The summed E-state index contributed by atoms with van der Waals surface area (Å²) in [7, 11) is 0. The number of likely N-dealkylation sites (N-methyl/N-ethyl adjacent to an activating group) is 1. The monoisotopic (exact) mass is 231 g/mol. The maximum absolute atomic E-state index is 11.2. The molecule has 16 heavy (non-hydrogen) atoms. The molecule has 1 amide bonds. The Kier molecular flexibility index (Phi) is 6.10. The molecule has 0 heterocycles. The Hall–Kier alpha value is -1.04. The van der Waals surface area contributed by atoms with Crippen LogP contribution in [0.5, 0.6) is 5.75 Å². The minimum atomic E-state index is -1.75. The van der Waals surface area contributed by atoms with Crippen LogP contribution in [0.2, 0.25) is 0 Å². The van der Waals surface area contributed by atoms with Crippen molar-refractivity contribution in [3.8, 4) is 5.75 Å². The molecular formula is C10H10NNaO4. The van der Waals surface area contributed by atoms with Crippen LogP contribution in [-0.2, 0) is 9.59 Å². The number of aliphatic carboxylic acids is 1. The summed E-state index contributed by atoms with van der Waals surface area (Å²) in [6.07, 6.45) is 0. The van der Waals surface area contributed by atoms with E-state index in [0.717, 1.165) is 4.90 Å². The molecule has 0 aliphatic rings. The van der Waals surface area contributed by atoms with Gasteiger partial charge < -0.3 is 19.9 Å². The summed E-state index contributed by atoms with van der Waals surface area (Å²) in [5.41, 5.74) is 0.407. The first-order chi connectivity index (χ1) is 7.06. The van der Waals surface area contributed by atoms with Gasteiger partial charge in [-0.25, -0.2) is 0 Å². The van der Waals surface area contributed by atoms with E-state index in [2.05, 4.69) is 0 Å². The second-order valence-corrected chi connectivity index (χ2v) is 2.85. The van der Waals surface area contributed by atoms with Crippen molar-refractivity contribution in [1.29, 1.82) is 0 Å². The molecule has 1 rings (SSSR count). The number of anilines is 1. The van der Waals surface area contributed by atoms with Gasteiger partial charge in [0.25, 0.3) is 5.91 Å². The first kappa shape index (κ1) is 15.0. The maximum atomic E-state index is 11.2. The van der Waals surface area contributed by atoms with E-state index in [1.165, 1.54) is 24.3 Å². The van der Waals surface area contributed by atoms with Crippen LogP contribution in [0.3, 0.4) is 0 Å². The van der Waals surface area contributed by atoms with Crippen molar-refractivity contribution in [3.63, 3.8) is 0 Å². The van der Waals surface area contributed by atoms with Gasteiger partial charge in [0.2, 0.25) is 0 Å². The molecule has 0 radical (unpaired) electrons. The van der Waals surface area contributed by atoms with Gasteiger partial charge in [-0.2, -0.15) is 0 Å². The van der Waals surface area contributed by atoms with Crippen molar-refractivity contribution < 1.29 is 49.4 Å². The molecule has 0 spiro atoms. The van der Waals surface area contributed by atoms with E-state index in [9.17, 15) is 14.7 Å². The first-order valence-corrected chi connectivity index (χ1v) is 4.38. The van der Waals surface area contributed by atoms with Crippen molar-refractivity contribution in [3.05, 3.63) is 24.3 Å². The van der Waals surface area contributed by atoms with Crippen molar-refractivity contribution >= 4 is 17.6 Å². The number of rotatable bonds is 2. The maximum Gasteiger partial charge on any atom is 1.00 e. The fourth-order valence-electron chi connectivity index (χ4n) is 1.19. The molecular weight excluding hydrogens is 221 g/mol. The van der Waals surface area contributed by atoms with E-state index in [1.807, 2.05) is 0 Å². The molecule has 1 aromatic carbocycles. The normalized spacial score (nSPS) is 9.06. The second kappa shape index (κ2) is 6.52. The van der Waals surface area contributed by atoms with Crippen LogP contribution < -0.4 is 39.6 Å². The summed E-state index contributed by atoms with van der Waals surface area (Å²) in [5, 5.41) is 19.4. The quantitative estimate of drug-likeness (QED) is 0.423. The molecule has 0 saturated heterocycles. The molecule has 0 unspecified atom stereocenters. The van der Waals surface area contributed by atoms with E-state index in [-0.39, 0.29) is 41.9 Å². The Morgan fingerprint density at radius 1 is 1.31 bits per heavy atom. The number of carboxylic acids is 1. The molecule has 1 aromatic rings. The largest absolute Gasteiger partial charge is 1.00 e. The van der Waals surface area contributed by atoms with Gasteiger partial charge in [0.1, 0.15) is 11.7 Å². The number of amides is 1. The Morgan fingerprint density at radius 2 is 1.81 bits per heavy atom. The molecule has 0 saturated carbocycles. The molecule has 6 heteroatoms. The molecule has 0 aromatic heterocycles. The summed E-state index contributed by atoms with van der Waals surface area (Å²) in [6.45, 7) is 1.87. The molecule has 0 fully saturated rings. The molecule has 5 nitrogen and oxygen atoms in total. The topological polar surface area (TPSA) is 80.7 Å². The number of nitrogens with zero attached hydrogens (tertiary/aromatic N) is 1. The number of benzene rings is 1. The van der Waals surface area contributed by atoms with Crippen LogP contribution in [0.15, 0.2) is 24.3 Å². The van der Waals surface area contributed by atoms with Gasteiger partial charge in [-0.3, -0.25) is 4.79 Å². The van der Waals surface area contributed by atoms with Crippen LogP contribution in [0.4, 0.5) is 5.69 Å². The van der Waals surface area contributed by atoms with Crippen LogP contribution in [0.25, 0.3) is 0 Å². The number of phenolic OH excluding ortho intramolecular Hbond substituents is 1. The van der Waals surface area contributed by atoms with E-state index in [4.69, 9.17) is 5.11 Å². The zero-order valence-electron chi connectivity index (χ0n) is 9.14. The fourth-order valence-corrected chi connectivity index (χ4v) is 1.19. The van der Waals surface area contributed by atoms with Gasteiger partial charge in [-0.05, 0) is 31.2 Å². The van der Waals surface area contributed by atoms with E-state index in [0.29, 0.717) is 5.69 Å². The number of carbonyl (C=O) groups excluding carboxylic acids is 2. The SMILES string of the molecule is CCN(C(=O)C(=O)[O-])c1ccc(O)cc1.[Na+]. The van der Waals surface area contributed by atoms with Gasteiger partial charge in [-0.1, -0.05) is 0 Å². The first-order valence-electron chi connectivity index (χ1n) is 4.38. The van der Waals surface area contributed by atoms with Crippen molar-refractivity contribution in [2.24, 2.45) is 0 Å². The van der Waals surface area contributed by atoms with Crippen molar-refractivity contribution in [1.82, 2.24) is 0 Å². The molecule has 1 N–H and O–H groups in total. The zero-order chi connectivity index (χ0) is 11.4. The summed E-state index contributed by atoms with van der Waals surface area (Å²) in [6, 6.07) is 5.67. The van der Waals surface area contributed by atoms with Gasteiger partial charge >= 0.3 is 29.6 Å². The van der Waals surface area contributed by atoms with Gasteiger partial charge in [0.05, 0.1) is 0 Å². The van der Waals surface area contributed by atoms with Crippen LogP contribution in [0.1, 0.15) is 6.92 Å². The number of hydrogen-bond acceptors (Lipinski definition) is 4. The Balaban J connectivity index is 0.00000225. The number of aromatic hydroxyl groups is 1. The van der Waals surface area contributed by atoms with Gasteiger partial charge in [0.15, 0.2) is 0 Å². The number of phenols is 1. The third kappa shape index (κ3) is 3.52.